The van der Waals surface area contributed by atoms with Crippen LogP contribution in [0.1, 0.15) is 29.1 Å². The molecule has 0 saturated heterocycles. The second-order valence-electron chi connectivity index (χ2n) is 3.98. The van der Waals surface area contributed by atoms with E-state index in [9.17, 15) is 0 Å². The Bertz CT molecular complexity index is 540. The van der Waals surface area contributed by atoms with E-state index < -0.39 is 0 Å². The molecule has 0 bridgehead atoms. The molecule has 0 aliphatic heterocycles. The number of pyridine rings is 1. The highest BCUT2D eigenvalue weighted by molar-refractivity contribution is 9.11. The van der Waals surface area contributed by atoms with Gasteiger partial charge in [0.05, 0.1) is 11.7 Å². The van der Waals surface area contributed by atoms with Gasteiger partial charge in [-0.25, -0.2) is 0 Å². The van der Waals surface area contributed by atoms with Crippen LogP contribution in [0.15, 0.2) is 32.7 Å². The molecule has 2 aromatic heterocycles. The van der Waals surface area contributed by atoms with Crippen molar-refractivity contribution in [3.8, 4) is 0 Å². The Morgan fingerprint density at radius 3 is 2.78 bits per heavy atom. The molecule has 0 radical (unpaired) electrons. The van der Waals surface area contributed by atoms with Gasteiger partial charge in [-0.1, -0.05) is 6.92 Å². The second kappa shape index (κ2) is 6.28. The third-order valence-corrected chi connectivity index (χ3v) is 4.83. The largest absolute Gasteiger partial charge is 0.305 e. The first-order valence-electron chi connectivity index (χ1n) is 5.71. The van der Waals surface area contributed by atoms with Crippen molar-refractivity contribution in [3.63, 3.8) is 0 Å². The van der Waals surface area contributed by atoms with E-state index in [2.05, 4.69) is 67.5 Å². The summed E-state index contributed by atoms with van der Waals surface area (Å²) in [5.41, 5.74) is 2.34. The van der Waals surface area contributed by atoms with Gasteiger partial charge in [-0.3, -0.25) is 4.98 Å². The quantitative estimate of drug-likeness (QED) is 0.821. The summed E-state index contributed by atoms with van der Waals surface area (Å²) in [7, 11) is 0. The van der Waals surface area contributed by atoms with Crippen molar-refractivity contribution in [3.05, 3.63) is 48.8 Å². The van der Waals surface area contributed by atoms with Gasteiger partial charge in [0, 0.05) is 20.0 Å². The lowest BCUT2D eigenvalue weighted by molar-refractivity contribution is 0.619. The summed E-state index contributed by atoms with van der Waals surface area (Å²) < 4.78 is 2.01. The summed E-state index contributed by atoms with van der Waals surface area (Å²) in [5.74, 6) is 0. The van der Waals surface area contributed by atoms with Gasteiger partial charge in [0.25, 0.3) is 0 Å². The van der Waals surface area contributed by atoms with E-state index in [1.165, 1.54) is 10.4 Å². The van der Waals surface area contributed by atoms with Crippen LogP contribution in [0.4, 0.5) is 0 Å². The van der Waals surface area contributed by atoms with E-state index in [1.807, 2.05) is 12.3 Å². The molecule has 0 amide bonds. The highest BCUT2D eigenvalue weighted by Crippen LogP contribution is 2.33. The topological polar surface area (TPSA) is 24.9 Å². The van der Waals surface area contributed by atoms with Gasteiger partial charge in [-0.15, -0.1) is 11.3 Å². The van der Waals surface area contributed by atoms with Gasteiger partial charge in [-0.05, 0) is 68.4 Å². The third kappa shape index (κ3) is 3.02. The van der Waals surface area contributed by atoms with Crippen molar-refractivity contribution < 1.29 is 0 Å². The van der Waals surface area contributed by atoms with Crippen LogP contribution in [0.3, 0.4) is 0 Å². The van der Waals surface area contributed by atoms with Crippen LogP contribution >= 0.6 is 43.2 Å². The molecule has 0 saturated carbocycles. The Balaban J connectivity index is 2.45. The van der Waals surface area contributed by atoms with Gasteiger partial charge in [0.1, 0.15) is 0 Å². The summed E-state index contributed by atoms with van der Waals surface area (Å²) in [6.07, 6.45) is 1.84. The first-order chi connectivity index (χ1) is 8.63. The van der Waals surface area contributed by atoms with Crippen molar-refractivity contribution >= 4 is 43.2 Å². The zero-order valence-electron chi connectivity index (χ0n) is 10.2. The van der Waals surface area contributed by atoms with Crippen LogP contribution < -0.4 is 5.32 Å². The predicted molar refractivity (Wildman–Crippen MR) is 84.2 cm³/mol. The average Bonchev–Trinajstić information content (AvgIpc) is 2.73. The van der Waals surface area contributed by atoms with E-state index in [0.29, 0.717) is 0 Å². The van der Waals surface area contributed by atoms with Crippen molar-refractivity contribution in [1.82, 2.24) is 10.3 Å². The molecule has 96 valence electrons. The third-order valence-electron chi connectivity index (χ3n) is 2.68. The zero-order chi connectivity index (χ0) is 13.1. The maximum atomic E-state index is 4.54. The molecule has 1 unspecified atom stereocenters. The summed E-state index contributed by atoms with van der Waals surface area (Å²) in [6, 6.07) is 4.34. The van der Waals surface area contributed by atoms with Crippen LogP contribution in [0.2, 0.25) is 0 Å². The van der Waals surface area contributed by atoms with Gasteiger partial charge in [-0.2, -0.15) is 0 Å². The molecule has 2 aromatic rings. The molecule has 1 N–H and O–H groups in total. The fraction of sp³-hybridized carbons (Fsp3) is 0.308. The Kier molecular flexibility index (Phi) is 4.95. The maximum absolute atomic E-state index is 4.54. The number of nitrogens with zero attached hydrogens (tertiary/aromatic N) is 1. The maximum Gasteiger partial charge on any atom is 0.0859 e. The molecule has 0 aromatic carbocycles. The van der Waals surface area contributed by atoms with Crippen molar-refractivity contribution in [2.24, 2.45) is 0 Å². The normalized spacial score (nSPS) is 12.7. The first kappa shape index (κ1) is 14.2. The molecule has 0 aliphatic carbocycles. The number of aromatic nitrogens is 1. The minimum atomic E-state index is 0.150. The van der Waals surface area contributed by atoms with Crippen LogP contribution in [0.5, 0.6) is 0 Å². The van der Waals surface area contributed by atoms with Crippen molar-refractivity contribution in [2.75, 3.05) is 6.54 Å². The van der Waals surface area contributed by atoms with Gasteiger partial charge >= 0.3 is 0 Å². The van der Waals surface area contributed by atoms with Crippen LogP contribution in [-0.2, 0) is 0 Å². The SMILES string of the molecule is CCNC(c1ncc(Br)cc1Br)c1sccc1C. The smallest absolute Gasteiger partial charge is 0.0859 e. The van der Waals surface area contributed by atoms with Crippen LogP contribution in [0, 0.1) is 6.92 Å². The van der Waals surface area contributed by atoms with Gasteiger partial charge < -0.3 is 5.32 Å². The Hall–Kier alpha value is -0.230. The molecule has 2 nitrogen and oxygen atoms in total. The van der Waals surface area contributed by atoms with Crippen LogP contribution in [0.25, 0.3) is 0 Å². The number of rotatable bonds is 4. The van der Waals surface area contributed by atoms with Gasteiger partial charge in [0.2, 0.25) is 0 Å². The van der Waals surface area contributed by atoms with E-state index in [0.717, 1.165) is 21.2 Å². The Labute approximate surface area is 128 Å². The zero-order valence-corrected chi connectivity index (χ0v) is 14.2. The number of hydrogen-bond donors (Lipinski definition) is 1. The summed E-state index contributed by atoms with van der Waals surface area (Å²) >= 11 is 8.81. The minimum absolute atomic E-state index is 0.150. The molecule has 0 spiro atoms. The molecule has 0 fully saturated rings. The second-order valence-corrected chi connectivity index (χ2v) is 6.70. The monoisotopic (exact) mass is 388 g/mol. The Morgan fingerprint density at radius 2 is 2.22 bits per heavy atom. The van der Waals surface area contributed by atoms with Crippen molar-refractivity contribution in [2.45, 2.75) is 19.9 Å². The number of thiophene rings is 1. The average molecular weight is 390 g/mol. The lowest BCUT2D eigenvalue weighted by Crippen LogP contribution is -2.23. The number of halogens is 2. The molecule has 5 heteroatoms. The molecule has 2 rings (SSSR count). The Morgan fingerprint density at radius 1 is 1.44 bits per heavy atom. The fourth-order valence-electron chi connectivity index (χ4n) is 1.84. The predicted octanol–water partition coefficient (Wildman–Crippen LogP) is 4.68. The molecular formula is C13H14Br2N2S. The molecule has 18 heavy (non-hydrogen) atoms. The highest BCUT2D eigenvalue weighted by Gasteiger charge is 2.20. The molecule has 2 heterocycles. The molecular weight excluding hydrogens is 376 g/mol. The molecule has 1 atom stereocenters. The lowest BCUT2D eigenvalue weighted by atomic mass is 10.1. The molecule has 0 aliphatic rings. The van der Waals surface area contributed by atoms with Crippen LogP contribution in [-0.4, -0.2) is 11.5 Å². The first-order valence-corrected chi connectivity index (χ1v) is 8.18. The fourth-order valence-corrected chi connectivity index (χ4v) is 4.06. The lowest BCUT2D eigenvalue weighted by Gasteiger charge is -2.18. The number of hydrogen-bond acceptors (Lipinski definition) is 3. The number of aryl methyl sites for hydroxylation is 1. The van der Waals surface area contributed by atoms with E-state index in [4.69, 9.17) is 0 Å². The summed E-state index contributed by atoms with van der Waals surface area (Å²) in [5, 5.41) is 5.63. The highest BCUT2D eigenvalue weighted by atomic mass is 79.9. The number of nitrogens with one attached hydrogen (secondary N) is 1. The van der Waals surface area contributed by atoms with E-state index in [1.54, 1.807) is 11.3 Å². The van der Waals surface area contributed by atoms with Gasteiger partial charge in [0.15, 0.2) is 0 Å². The van der Waals surface area contributed by atoms with E-state index in [-0.39, 0.29) is 6.04 Å². The standard InChI is InChI=1S/C13H14Br2N2S/c1-3-16-12(13-8(2)4-5-18-13)11-10(15)6-9(14)7-17-11/h4-7,12,16H,3H2,1-2H3. The van der Waals surface area contributed by atoms with E-state index >= 15 is 0 Å². The van der Waals surface area contributed by atoms with Crippen molar-refractivity contribution in [1.29, 1.82) is 0 Å². The summed E-state index contributed by atoms with van der Waals surface area (Å²) in [6.45, 7) is 5.16. The summed E-state index contributed by atoms with van der Waals surface area (Å²) in [4.78, 5) is 5.87. The minimum Gasteiger partial charge on any atom is -0.305 e.